The minimum absolute atomic E-state index is 0.115. The largest absolute Gasteiger partial charge is 0.383 e. The Balaban J connectivity index is 1.85. The van der Waals surface area contributed by atoms with Crippen molar-refractivity contribution in [1.82, 2.24) is 9.80 Å². The molecule has 0 saturated carbocycles. The zero-order valence-electron chi connectivity index (χ0n) is 18.0. The molecular weight excluding hydrogens is 360 g/mol. The smallest absolute Gasteiger partial charge is 0.258 e. The average Bonchev–Trinajstić information content (AvgIpc) is 2.96. The monoisotopic (exact) mass is 390 g/mol. The van der Waals surface area contributed by atoms with Crippen molar-refractivity contribution < 1.29 is 9.59 Å². The summed E-state index contributed by atoms with van der Waals surface area (Å²) in [6.07, 6.45) is 3.08. The Bertz CT molecular complexity index is 906. The molecule has 1 atom stereocenters. The Morgan fingerprint density at radius 1 is 1.03 bits per heavy atom. The van der Waals surface area contributed by atoms with E-state index in [1.165, 1.54) is 10.5 Å². The standard InChI is InChI=1S/C25H30N2O2/c1-25(2,3)24(29)27-22(16-21(23(27)28)17-26(4)5)15-18-11-13-20(14-12-18)19-9-7-6-8-10-19/h6-14,17,22H,15-16H2,1-5H3/b21-17+/t22-/m1/s1. The maximum absolute atomic E-state index is 13.0. The summed E-state index contributed by atoms with van der Waals surface area (Å²) in [7, 11) is 3.79. The molecule has 1 aliphatic rings. The van der Waals surface area contributed by atoms with E-state index in [4.69, 9.17) is 0 Å². The predicted octanol–water partition coefficient (Wildman–Crippen LogP) is 4.52. The molecule has 152 valence electrons. The van der Waals surface area contributed by atoms with Crippen LogP contribution in [0, 0.1) is 5.41 Å². The van der Waals surface area contributed by atoms with Gasteiger partial charge in [0.05, 0.1) is 0 Å². The number of carbonyl (C=O) groups excluding carboxylic acids is 2. The van der Waals surface area contributed by atoms with Crippen LogP contribution in [-0.2, 0) is 16.0 Å². The summed E-state index contributed by atoms with van der Waals surface area (Å²) in [6.45, 7) is 5.59. The van der Waals surface area contributed by atoms with Crippen molar-refractivity contribution in [2.75, 3.05) is 14.1 Å². The van der Waals surface area contributed by atoms with Gasteiger partial charge in [-0.15, -0.1) is 0 Å². The van der Waals surface area contributed by atoms with E-state index in [-0.39, 0.29) is 17.9 Å². The lowest BCUT2D eigenvalue weighted by Crippen LogP contribution is -2.45. The molecule has 0 unspecified atom stereocenters. The average molecular weight is 391 g/mol. The van der Waals surface area contributed by atoms with Crippen LogP contribution < -0.4 is 0 Å². The van der Waals surface area contributed by atoms with E-state index in [0.717, 1.165) is 11.1 Å². The molecule has 0 radical (unpaired) electrons. The lowest BCUT2D eigenvalue weighted by atomic mass is 9.93. The second-order valence-electron chi connectivity index (χ2n) is 8.97. The fourth-order valence-corrected chi connectivity index (χ4v) is 3.69. The molecule has 1 heterocycles. The Morgan fingerprint density at radius 2 is 1.62 bits per heavy atom. The minimum atomic E-state index is -0.599. The van der Waals surface area contributed by atoms with Crippen LogP contribution in [0.4, 0.5) is 0 Å². The van der Waals surface area contributed by atoms with E-state index >= 15 is 0 Å². The molecule has 1 fully saturated rings. The van der Waals surface area contributed by atoms with Crippen molar-refractivity contribution in [1.29, 1.82) is 0 Å². The predicted molar refractivity (Wildman–Crippen MR) is 117 cm³/mol. The molecule has 2 aromatic carbocycles. The highest BCUT2D eigenvalue weighted by molar-refractivity contribution is 6.08. The SMILES string of the molecule is CN(C)/C=C1\C[C@@H](Cc2ccc(-c3ccccc3)cc2)N(C(=O)C(C)(C)C)C1=O. The Kier molecular flexibility index (Phi) is 5.92. The topological polar surface area (TPSA) is 40.6 Å². The van der Waals surface area contributed by atoms with Gasteiger partial charge in [0.1, 0.15) is 0 Å². The van der Waals surface area contributed by atoms with E-state index < -0.39 is 5.41 Å². The van der Waals surface area contributed by atoms with Gasteiger partial charge in [-0.2, -0.15) is 0 Å². The van der Waals surface area contributed by atoms with Gasteiger partial charge in [0.2, 0.25) is 5.91 Å². The molecule has 4 heteroatoms. The van der Waals surface area contributed by atoms with Crippen LogP contribution in [0.25, 0.3) is 11.1 Å². The molecule has 29 heavy (non-hydrogen) atoms. The summed E-state index contributed by atoms with van der Waals surface area (Å²) in [5, 5.41) is 0. The number of imide groups is 1. The summed E-state index contributed by atoms with van der Waals surface area (Å²) < 4.78 is 0. The molecule has 1 saturated heterocycles. The molecule has 2 aromatic rings. The van der Waals surface area contributed by atoms with Crippen molar-refractivity contribution >= 4 is 11.8 Å². The number of benzene rings is 2. The molecule has 0 aromatic heterocycles. The van der Waals surface area contributed by atoms with E-state index in [0.29, 0.717) is 18.4 Å². The fourth-order valence-electron chi connectivity index (χ4n) is 3.69. The van der Waals surface area contributed by atoms with Crippen LogP contribution in [0.15, 0.2) is 66.4 Å². The molecular formula is C25H30N2O2. The lowest BCUT2D eigenvalue weighted by Gasteiger charge is -2.29. The zero-order chi connectivity index (χ0) is 21.2. The first-order valence-corrected chi connectivity index (χ1v) is 10.1. The summed E-state index contributed by atoms with van der Waals surface area (Å²) >= 11 is 0. The molecule has 0 N–H and O–H groups in total. The van der Waals surface area contributed by atoms with Crippen LogP contribution in [0.2, 0.25) is 0 Å². The molecule has 0 spiro atoms. The molecule has 4 nitrogen and oxygen atoms in total. The quantitative estimate of drug-likeness (QED) is 0.721. The van der Waals surface area contributed by atoms with E-state index in [2.05, 4.69) is 36.4 Å². The minimum Gasteiger partial charge on any atom is -0.383 e. The maximum Gasteiger partial charge on any atom is 0.258 e. The number of carbonyl (C=O) groups is 2. The van der Waals surface area contributed by atoms with Crippen LogP contribution >= 0.6 is 0 Å². The van der Waals surface area contributed by atoms with Crippen LogP contribution in [0.5, 0.6) is 0 Å². The number of hydrogen-bond donors (Lipinski definition) is 0. The second kappa shape index (κ2) is 8.24. The van der Waals surface area contributed by atoms with E-state index in [9.17, 15) is 9.59 Å². The number of amides is 2. The highest BCUT2D eigenvalue weighted by Crippen LogP contribution is 2.32. The molecule has 0 aliphatic carbocycles. The van der Waals surface area contributed by atoms with Gasteiger partial charge in [-0.05, 0) is 23.1 Å². The number of likely N-dealkylation sites (tertiary alicyclic amines) is 1. The van der Waals surface area contributed by atoms with Crippen molar-refractivity contribution in [2.45, 2.75) is 39.7 Å². The van der Waals surface area contributed by atoms with Gasteiger partial charge >= 0.3 is 0 Å². The molecule has 0 bridgehead atoms. The van der Waals surface area contributed by atoms with Crippen molar-refractivity contribution in [2.24, 2.45) is 5.41 Å². The van der Waals surface area contributed by atoms with E-state index in [1.54, 1.807) is 0 Å². The van der Waals surface area contributed by atoms with Crippen LogP contribution in [0.3, 0.4) is 0 Å². The van der Waals surface area contributed by atoms with Crippen molar-refractivity contribution in [3.05, 3.63) is 71.9 Å². The summed E-state index contributed by atoms with van der Waals surface area (Å²) in [4.78, 5) is 29.3. The van der Waals surface area contributed by atoms with Crippen LogP contribution in [0.1, 0.15) is 32.8 Å². The summed E-state index contributed by atoms with van der Waals surface area (Å²) in [5.74, 6) is -0.278. The second-order valence-corrected chi connectivity index (χ2v) is 8.97. The van der Waals surface area contributed by atoms with Gasteiger partial charge in [-0.1, -0.05) is 75.4 Å². The van der Waals surface area contributed by atoms with Gasteiger partial charge in [-0.25, -0.2) is 0 Å². The normalized spacial score (nSPS) is 18.4. The first kappa shape index (κ1) is 20.8. The molecule has 1 aliphatic heterocycles. The third-order valence-electron chi connectivity index (χ3n) is 5.12. The number of rotatable bonds is 4. The van der Waals surface area contributed by atoms with Gasteiger partial charge in [0, 0.05) is 43.7 Å². The highest BCUT2D eigenvalue weighted by atomic mass is 16.2. The van der Waals surface area contributed by atoms with Gasteiger partial charge in [-0.3, -0.25) is 14.5 Å². The number of hydrogen-bond acceptors (Lipinski definition) is 3. The zero-order valence-corrected chi connectivity index (χ0v) is 18.0. The Labute approximate surface area is 173 Å². The van der Waals surface area contributed by atoms with Gasteiger partial charge in [0.25, 0.3) is 5.91 Å². The van der Waals surface area contributed by atoms with Crippen LogP contribution in [-0.4, -0.2) is 41.8 Å². The first-order valence-electron chi connectivity index (χ1n) is 10.1. The highest BCUT2D eigenvalue weighted by Gasteiger charge is 2.43. The van der Waals surface area contributed by atoms with Crippen molar-refractivity contribution in [3.8, 4) is 11.1 Å². The number of nitrogens with zero attached hydrogens (tertiary/aromatic N) is 2. The first-order chi connectivity index (χ1) is 13.7. The summed E-state index contributed by atoms with van der Waals surface area (Å²) in [5.41, 5.74) is 3.56. The fraction of sp³-hybridized carbons (Fsp3) is 0.360. The Morgan fingerprint density at radius 3 is 2.17 bits per heavy atom. The van der Waals surface area contributed by atoms with Crippen molar-refractivity contribution in [3.63, 3.8) is 0 Å². The van der Waals surface area contributed by atoms with Gasteiger partial charge < -0.3 is 4.90 Å². The summed E-state index contributed by atoms with van der Waals surface area (Å²) in [6, 6.07) is 18.5. The molecule has 3 rings (SSSR count). The Hall–Kier alpha value is -2.88. The van der Waals surface area contributed by atoms with Gasteiger partial charge in [0.15, 0.2) is 0 Å². The molecule has 2 amide bonds. The maximum atomic E-state index is 13.0. The van der Waals surface area contributed by atoms with E-state index in [1.807, 2.05) is 64.2 Å². The third-order valence-corrected chi connectivity index (χ3v) is 5.12. The third kappa shape index (κ3) is 4.76. The lowest BCUT2D eigenvalue weighted by molar-refractivity contribution is -0.148.